The summed E-state index contributed by atoms with van der Waals surface area (Å²) in [6.45, 7) is 6.70. The number of hydrogen-bond acceptors (Lipinski definition) is 2. The van der Waals surface area contributed by atoms with E-state index < -0.39 is 0 Å². The third-order valence-corrected chi connectivity index (χ3v) is 1.77. The molecule has 0 amide bonds. The highest BCUT2D eigenvalue weighted by atomic mass is 15.7. The van der Waals surface area contributed by atoms with Crippen LogP contribution in [0, 0.1) is 5.92 Å². The van der Waals surface area contributed by atoms with Gasteiger partial charge in [0.05, 0.1) is 5.66 Å². The van der Waals surface area contributed by atoms with Crippen LogP contribution in [0.3, 0.4) is 0 Å². The minimum Gasteiger partial charge on any atom is -0.235 e. The molecule has 0 aromatic rings. The molecule has 0 atom stereocenters. The van der Waals surface area contributed by atoms with Gasteiger partial charge in [0.1, 0.15) is 0 Å². The number of nitrogens with one attached hydrogen (secondary N) is 2. The zero-order valence-corrected chi connectivity index (χ0v) is 6.49. The molecule has 0 saturated carbocycles. The molecule has 1 fully saturated rings. The summed E-state index contributed by atoms with van der Waals surface area (Å²) in [4.78, 5) is 0. The summed E-state index contributed by atoms with van der Waals surface area (Å²) >= 11 is 0. The monoisotopic (exact) mass is 128 g/mol. The summed E-state index contributed by atoms with van der Waals surface area (Å²) in [7, 11) is 0. The van der Waals surface area contributed by atoms with Gasteiger partial charge in [-0.25, -0.2) is 10.9 Å². The first-order valence-electron chi connectivity index (χ1n) is 3.67. The van der Waals surface area contributed by atoms with Crippen molar-refractivity contribution in [2.75, 3.05) is 0 Å². The minimum absolute atomic E-state index is 0.282. The van der Waals surface area contributed by atoms with Crippen LogP contribution in [0.2, 0.25) is 0 Å². The molecule has 1 aliphatic heterocycles. The molecule has 0 aromatic carbocycles. The second kappa shape index (κ2) is 2.27. The average molecular weight is 128 g/mol. The quantitative estimate of drug-likeness (QED) is 0.562. The highest BCUT2D eigenvalue weighted by Gasteiger charge is 2.34. The van der Waals surface area contributed by atoms with E-state index in [2.05, 4.69) is 31.6 Å². The van der Waals surface area contributed by atoms with Gasteiger partial charge in [-0.1, -0.05) is 13.8 Å². The normalized spacial score (nSPS) is 22.7. The number of hydrogen-bond donors (Lipinski definition) is 2. The van der Waals surface area contributed by atoms with E-state index in [0.717, 1.165) is 5.92 Å². The Morgan fingerprint density at radius 3 is 2.22 bits per heavy atom. The molecule has 0 spiro atoms. The molecule has 2 nitrogen and oxygen atoms in total. The summed E-state index contributed by atoms with van der Waals surface area (Å²) < 4.78 is 0. The molecule has 1 saturated heterocycles. The summed E-state index contributed by atoms with van der Waals surface area (Å²) in [5.74, 6) is 0.825. The lowest BCUT2D eigenvalue weighted by Crippen LogP contribution is -2.11. The second-order valence-corrected chi connectivity index (χ2v) is 3.51. The number of hydrazine groups is 1. The van der Waals surface area contributed by atoms with Gasteiger partial charge in [0, 0.05) is 0 Å². The van der Waals surface area contributed by atoms with Crippen LogP contribution in [-0.2, 0) is 0 Å². The van der Waals surface area contributed by atoms with Gasteiger partial charge in [-0.05, 0) is 25.7 Å². The van der Waals surface area contributed by atoms with E-state index in [1.807, 2.05) is 0 Å². The first-order chi connectivity index (χ1) is 4.12. The summed E-state index contributed by atoms with van der Waals surface area (Å²) in [5, 5.41) is 0. The van der Waals surface area contributed by atoms with E-state index in [4.69, 9.17) is 0 Å². The Hall–Kier alpha value is -0.0800. The molecular weight excluding hydrogens is 112 g/mol. The maximum absolute atomic E-state index is 3.12. The molecule has 9 heavy (non-hydrogen) atoms. The first kappa shape index (κ1) is 7.03. The largest absolute Gasteiger partial charge is 0.235 e. The fourth-order valence-corrected chi connectivity index (χ4v) is 0.809. The van der Waals surface area contributed by atoms with Gasteiger partial charge in [-0.15, -0.1) is 0 Å². The summed E-state index contributed by atoms with van der Waals surface area (Å²) in [6, 6.07) is 0. The van der Waals surface area contributed by atoms with Crippen molar-refractivity contribution in [3.05, 3.63) is 0 Å². The molecule has 1 rings (SSSR count). The molecule has 0 bridgehead atoms. The smallest absolute Gasteiger partial charge is 0.0915 e. The van der Waals surface area contributed by atoms with Crippen molar-refractivity contribution in [2.45, 2.75) is 39.3 Å². The topological polar surface area (TPSA) is 43.9 Å². The highest BCUT2D eigenvalue weighted by molar-refractivity contribution is 4.88. The highest BCUT2D eigenvalue weighted by Crippen LogP contribution is 2.18. The Morgan fingerprint density at radius 1 is 1.33 bits per heavy atom. The van der Waals surface area contributed by atoms with E-state index in [0.29, 0.717) is 0 Å². The van der Waals surface area contributed by atoms with Gasteiger partial charge in [0.2, 0.25) is 0 Å². The van der Waals surface area contributed by atoms with Crippen LogP contribution in [0.5, 0.6) is 0 Å². The third kappa shape index (κ3) is 2.33. The molecule has 1 aliphatic rings. The fourth-order valence-electron chi connectivity index (χ4n) is 0.809. The van der Waals surface area contributed by atoms with Crippen molar-refractivity contribution in [3.63, 3.8) is 0 Å². The average Bonchev–Trinajstić information content (AvgIpc) is 2.45. The van der Waals surface area contributed by atoms with E-state index in [-0.39, 0.29) is 5.66 Å². The van der Waals surface area contributed by atoms with E-state index in [1.165, 1.54) is 12.8 Å². The van der Waals surface area contributed by atoms with Crippen molar-refractivity contribution in [1.29, 1.82) is 0 Å². The predicted octanol–water partition coefficient (Wildman–Crippen LogP) is 1.25. The van der Waals surface area contributed by atoms with E-state index in [1.54, 1.807) is 0 Å². The zero-order valence-electron chi connectivity index (χ0n) is 6.49. The van der Waals surface area contributed by atoms with Crippen LogP contribution >= 0.6 is 0 Å². The maximum atomic E-state index is 3.12. The van der Waals surface area contributed by atoms with Gasteiger partial charge in [0.15, 0.2) is 0 Å². The molecule has 0 unspecified atom stereocenters. The molecule has 1 heterocycles. The molecule has 54 valence electrons. The standard InChI is InChI=1S/C7H16N2/c1-6(2)4-5-7(3)8-9-7/h6,8-9H,4-5H2,1-3H3. The van der Waals surface area contributed by atoms with Gasteiger partial charge < -0.3 is 0 Å². The Bertz CT molecular complexity index is 95.1. The van der Waals surface area contributed by atoms with Crippen LogP contribution in [0.15, 0.2) is 0 Å². The Morgan fingerprint density at radius 2 is 1.89 bits per heavy atom. The molecule has 0 aliphatic carbocycles. The van der Waals surface area contributed by atoms with Crippen molar-refractivity contribution in [3.8, 4) is 0 Å². The molecule has 2 heteroatoms. The fraction of sp³-hybridized carbons (Fsp3) is 1.00. The van der Waals surface area contributed by atoms with Gasteiger partial charge in [-0.2, -0.15) is 0 Å². The van der Waals surface area contributed by atoms with E-state index >= 15 is 0 Å². The van der Waals surface area contributed by atoms with Gasteiger partial charge in [0.25, 0.3) is 0 Å². The van der Waals surface area contributed by atoms with Crippen molar-refractivity contribution in [1.82, 2.24) is 10.9 Å². The molecule has 0 aromatic heterocycles. The molecule has 2 N–H and O–H groups in total. The summed E-state index contributed by atoms with van der Waals surface area (Å²) in [6.07, 6.45) is 2.54. The van der Waals surface area contributed by atoms with Crippen molar-refractivity contribution < 1.29 is 0 Å². The Balaban J connectivity index is 2.05. The Labute approximate surface area is 57.0 Å². The van der Waals surface area contributed by atoms with Crippen LogP contribution < -0.4 is 10.9 Å². The lowest BCUT2D eigenvalue weighted by molar-refractivity contribution is 0.485. The van der Waals surface area contributed by atoms with Crippen molar-refractivity contribution in [2.24, 2.45) is 5.92 Å². The summed E-state index contributed by atoms with van der Waals surface area (Å²) in [5.41, 5.74) is 6.51. The number of rotatable bonds is 3. The lowest BCUT2D eigenvalue weighted by atomic mass is 10.0. The van der Waals surface area contributed by atoms with Crippen LogP contribution in [0.4, 0.5) is 0 Å². The van der Waals surface area contributed by atoms with Crippen LogP contribution in [0.25, 0.3) is 0 Å². The Kier molecular flexibility index (Phi) is 1.78. The zero-order chi connectivity index (χ0) is 6.91. The first-order valence-corrected chi connectivity index (χ1v) is 3.67. The SMILES string of the molecule is CC(C)CCC1(C)NN1. The second-order valence-electron chi connectivity index (χ2n) is 3.51. The van der Waals surface area contributed by atoms with Crippen LogP contribution in [-0.4, -0.2) is 5.66 Å². The third-order valence-electron chi connectivity index (χ3n) is 1.77. The minimum atomic E-state index is 0.282. The van der Waals surface area contributed by atoms with Gasteiger partial charge >= 0.3 is 0 Å². The van der Waals surface area contributed by atoms with Crippen LogP contribution in [0.1, 0.15) is 33.6 Å². The molecule has 0 radical (unpaired) electrons. The van der Waals surface area contributed by atoms with Crippen molar-refractivity contribution >= 4 is 0 Å². The predicted molar refractivity (Wildman–Crippen MR) is 38.7 cm³/mol. The van der Waals surface area contributed by atoms with Gasteiger partial charge in [-0.3, -0.25) is 0 Å². The maximum Gasteiger partial charge on any atom is 0.0915 e. The molecular formula is C7H16N2. The lowest BCUT2D eigenvalue weighted by Gasteiger charge is -2.06. The van der Waals surface area contributed by atoms with E-state index in [9.17, 15) is 0 Å².